The van der Waals surface area contributed by atoms with Crippen molar-refractivity contribution in [3.63, 3.8) is 0 Å². The zero-order valence-electron chi connectivity index (χ0n) is 19.4. The number of nitrogens with two attached hydrogens (primary N) is 1. The fourth-order valence-corrected chi connectivity index (χ4v) is 4.08. The van der Waals surface area contributed by atoms with Crippen LogP contribution in [-0.4, -0.2) is 19.4 Å². The van der Waals surface area contributed by atoms with Crippen LogP contribution in [0.15, 0.2) is 85.2 Å². The summed E-state index contributed by atoms with van der Waals surface area (Å²) >= 11 is 0. The molecule has 3 heterocycles. The molecule has 1 atom stereocenters. The van der Waals surface area contributed by atoms with Crippen LogP contribution in [0.4, 0.5) is 19.1 Å². The molecular formula is C27H23F3N6. The molecule has 3 aromatic heterocycles. The molecule has 36 heavy (non-hydrogen) atoms. The van der Waals surface area contributed by atoms with Gasteiger partial charge in [-0.3, -0.25) is 4.40 Å². The molecule has 0 aliphatic heterocycles. The molecule has 2 aromatic carbocycles. The third-order valence-electron chi connectivity index (χ3n) is 5.93. The molecule has 5 aromatic rings. The monoisotopic (exact) mass is 488 g/mol. The maximum atomic E-state index is 13.5. The van der Waals surface area contributed by atoms with Gasteiger partial charge in [-0.05, 0) is 48.4 Å². The van der Waals surface area contributed by atoms with Crippen LogP contribution in [0, 0.1) is 0 Å². The van der Waals surface area contributed by atoms with Gasteiger partial charge in [0, 0.05) is 24.5 Å². The number of pyridine rings is 1. The average molecular weight is 489 g/mol. The Morgan fingerprint density at radius 2 is 1.78 bits per heavy atom. The molecule has 0 bridgehead atoms. The number of benzene rings is 2. The van der Waals surface area contributed by atoms with Gasteiger partial charge in [-0.2, -0.15) is 13.2 Å². The van der Waals surface area contributed by atoms with Crippen molar-refractivity contribution in [3.8, 4) is 22.6 Å². The Balaban J connectivity index is 1.63. The second-order valence-electron chi connectivity index (χ2n) is 8.40. The van der Waals surface area contributed by atoms with Crippen LogP contribution in [-0.2, 0) is 12.7 Å². The van der Waals surface area contributed by atoms with E-state index in [9.17, 15) is 13.2 Å². The second-order valence-corrected chi connectivity index (χ2v) is 8.40. The van der Waals surface area contributed by atoms with Crippen LogP contribution in [0.3, 0.4) is 0 Å². The lowest BCUT2D eigenvalue weighted by Gasteiger charge is -2.15. The number of alkyl halides is 3. The Kier molecular flexibility index (Phi) is 6.15. The molecule has 3 N–H and O–H groups in total. The number of imidazole rings is 1. The van der Waals surface area contributed by atoms with E-state index in [-0.39, 0.29) is 6.04 Å². The third kappa shape index (κ3) is 4.65. The zero-order chi connectivity index (χ0) is 25.3. The summed E-state index contributed by atoms with van der Waals surface area (Å²) in [6, 6.07) is 20.4. The number of hydrogen-bond acceptors (Lipinski definition) is 5. The molecule has 0 aliphatic carbocycles. The molecule has 0 saturated heterocycles. The minimum atomic E-state index is -4.47. The van der Waals surface area contributed by atoms with Gasteiger partial charge in [-0.1, -0.05) is 42.5 Å². The molecule has 6 nitrogen and oxygen atoms in total. The summed E-state index contributed by atoms with van der Waals surface area (Å²) in [7, 11) is 0. The van der Waals surface area contributed by atoms with Gasteiger partial charge >= 0.3 is 6.18 Å². The highest BCUT2D eigenvalue weighted by atomic mass is 19.4. The van der Waals surface area contributed by atoms with Gasteiger partial charge in [-0.25, -0.2) is 15.0 Å². The predicted molar refractivity (Wildman–Crippen MR) is 133 cm³/mol. The van der Waals surface area contributed by atoms with Gasteiger partial charge in [-0.15, -0.1) is 0 Å². The number of nitrogens with one attached hydrogen (secondary N) is 1. The number of halogens is 3. The van der Waals surface area contributed by atoms with Gasteiger partial charge in [0.2, 0.25) is 5.95 Å². The molecule has 5 rings (SSSR count). The smallest absolute Gasteiger partial charge is 0.348 e. The molecule has 0 amide bonds. The highest BCUT2D eigenvalue weighted by Gasteiger charge is 2.31. The fourth-order valence-electron chi connectivity index (χ4n) is 4.08. The quantitative estimate of drug-likeness (QED) is 0.301. The van der Waals surface area contributed by atoms with Crippen LogP contribution >= 0.6 is 0 Å². The summed E-state index contributed by atoms with van der Waals surface area (Å²) in [5, 5.41) is 3.30. The van der Waals surface area contributed by atoms with Crippen molar-refractivity contribution in [2.75, 3.05) is 5.32 Å². The Morgan fingerprint density at radius 3 is 2.53 bits per heavy atom. The highest BCUT2D eigenvalue weighted by Crippen LogP contribution is 2.36. The van der Waals surface area contributed by atoms with Gasteiger partial charge in [0.05, 0.1) is 28.7 Å². The first-order valence-corrected chi connectivity index (χ1v) is 11.4. The number of fused-ring (bicyclic) bond motifs is 1. The Hall–Kier alpha value is -4.24. The molecule has 0 fully saturated rings. The van der Waals surface area contributed by atoms with E-state index in [0.29, 0.717) is 40.8 Å². The van der Waals surface area contributed by atoms with Crippen molar-refractivity contribution in [2.24, 2.45) is 5.73 Å². The van der Waals surface area contributed by atoms with Crippen LogP contribution < -0.4 is 11.1 Å². The van der Waals surface area contributed by atoms with E-state index in [1.807, 2.05) is 53.8 Å². The first-order valence-electron chi connectivity index (χ1n) is 11.4. The topological polar surface area (TPSA) is 81.1 Å². The largest absolute Gasteiger partial charge is 0.416 e. The van der Waals surface area contributed by atoms with Crippen molar-refractivity contribution >= 4 is 11.6 Å². The van der Waals surface area contributed by atoms with E-state index in [0.717, 1.165) is 23.3 Å². The lowest BCUT2D eigenvalue weighted by atomic mass is 10.0. The molecule has 182 valence electrons. The van der Waals surface area contributed by atoms with E-state index < -0.39 is 11.7 Å². The van der Waals surface area contributed by atoms with Crippen molar-refractivity contribution in [3.05, 3.63) is 102 Å². The summed E-state index contributed by atoms with van der Waals surface area (Å²) in [5.41, 5.74) is 9.35. The first kappa shape index (κ1) is 23.5. The predicted octanol–water partition coefficient (Wildman–Crippen LogP) is 6.11. The molecular weight excluding hydrogens is 465 g/mol. The maximum absolute atomic E-state index is 13.5. The number of aromatic nitrogens is 4. The second kappa shape index (κ2) is 9.43. The van der Waals surface area contributed by atoms with E-state index in [2.05, 4.69) is 15.3 Å². The fraction of sp³-hybridized carbons (Fsp3) is 0.148. The molecule has 9 heteroatoms. The number of rotatable bonds is 6. The number of nitrogens with zero attached hydrogens (tertiary/aromatic N) is 4. The molecule has 0 unspecified atom stereocenters. The van der Waals surface area contributed by atoms with Crippen LogP contribution in [0.1, 0.15) is 29.7 Å². The average Bonchev–Trinajstić information content (AvgIpc) is 3.27. The number of anilines is 1. The van der Waals surface area contributed by atoms with Crippen LogP contribution in [0.5, 0.6) is 0 Å². The summed E-state index contributed by atoms with van der Waals surface area (Å²) in [4.78, 5) is 13.7. The standard InChI is InChI=1S/C27H23F3N6/c1-17(19-6-3-2-4-7-19)33-26-32-12-10-22(34-26)25-24(20-8-5-9-21(15-20)27(28,29)30)35-23-14-18(16-31)11-13-36(23)25/h2-15,17H,16,31H2,1H3,(H,32,33,34)/t17-/m1/s1. The first-order chi connectivity index (χ1) is 17.3. The van der Waals surface area contributed by atoms with Crippen molar-refractivity contribution in [2.45, 2.75) is 25.7 Å². The lowest BCUT2D eigenvalue weighted by Crippen LogP contribution is -2.09. The zero-order valence-corrected chi connectivity index (χ0v) is 19.4. The third-order valence-corrected chi connectivity index (χ3v) is 5.93. The van der Waals surface area contributed by atoms with Gasteiger partial charge in [0.15, 0.2) is 0 Å². The maximum Gasteiger partial charge on any atom is 0.416 e. The van der Waals surface area contributed by atoms with E-state index in [1.165, 1.54) is 6.07 Å². The van der Waals surface area contributed by atoms with E-state index in [4.69, 9.17) is 10.7 Å². The summed E-state index contributed by atoms with van der Waals surface area (Å²) in [6.45, 7) is 2.32. The van der Waals surface area contributed by atoms with Gasteiger partial charge < -0.3 is 11.1 Å². The Labute approximate surface area is 205 Å². The van der Waals surface area contributed by atoms with Crippen LogP contribution in [0.2, 0.25) is 0 Å². The summed E-state index contributed by atoms with van der Waals surface area (Å²) < 4.78 is 42.2. The van der Waals surface area contributed by atoms with Crippen LogP contribution in [0.25, 0.3) is 28.3 Å². The van der Waals surface area contributed by atoms with Crippen molar-refractivity contribution in [1.29, 1.82) is 0 Å². The molecule has 0 spiro atoms. The minimum absolute atomic E-state index is 0.0568. The molecule has 0 aliphatic rings. The SMILES string of the molecule is C[C@@H](Nc1nccc(-c2c(-c3cccc(C(F)(F)F)c3)nc3cc(CN)ccn23)n1)c1ccccc1. The van der Waals surface area contributed by atoms with Gasteiger partial charge in [0.25, 0.3) is 0 Å². The van der Waals surface area contributed by atoms with E-state index in [1.54, 1.807) is 24.5 Å². The molecule has 0 saturated carbocycles. The summed E-state index contributed by atoms with van der Waals surface area (Å²) in [6.07, 6.45) is -1.05. The Bertz CT molecular complexity index is 1510. The normalized spacial score (nSPS) is 12.6. The minimum Gasteiger partial charge on any atom is -0.348 e. The van der Waals surface area contributed by atoms with Gasteiger partial charge in [0.1, 0.15) is 5.65 Å². The molecule has 0 radical (unpaired) electrons. The number of hydrogen-bond donors (Lipinski definition) is 2. The lowest BCUT2D eigenvalue weighted by molar-refractivity contribution is -0.137. The van der Waals surface area contributed by atoms with Crippen molar-refractivity contribution in [1.82, 2.24) is 19.4 Å². The van der Waals surface area contributed by atoms with Crippen molar-refractivity contribution < 1.29 is 13.2 Å². The Morgan fingerprint density at radius 1 is 0.972 bits per heavy atom. The summed E-state index contributed by atoms with van der Waals surface area (Å²) in [5.74, 6) is 0.396. The van der Waals surface area contributed by atoms with E-state index >= 15 is 0 Å². The highest BCUT2D eigenvalue weighted by molar-refractivity contribution is 5.81.